The van der Waals surface area contributed by atoms with E-state index in [9.17, 15) is 4.79 Å². The first kappa shape index (κ1) is 10.3. The lowest BCUT2D eigenvalue weighted by Crippen LogP contribution is -1.80. The Bertz CT molecular complexity index is 568. The number of nitrogens with zero attached hydrogens (tertiary/aromatic N) is 3. The van der Waals surface area contributed by atoms with Gasteiger partial charge in [0.15, 0.2) is 0 Å². The molecule has 1 heterocycles. The van der Waals surface area contributed by atoms with Crippen molar-refractivity contribution in [1.82, 2.24) is 10.2 Å². The summed E-state index contributed by atoms with van der Waals surface area (Å²) in [4.78, 5) is 13.8. The Balaban J connectivity index is 2.51. The molecule has 1 aromatic heterocycles. The van der Waals surface area contributed by atoms with Gasteiger partial charge in [0.1, 0.15) is 0 Å². The molecule has 80 valence electrons. The molecule has 0 unspecified atom stereocenters. The molecular weight excluding hydrogens is 206 g/mol. The van der Waals surface area contributed by atoms with E-state index in [0.717, 1.165) is 11.1 Å². The van der Waals surface area contributed by atoms with Gasteiger partial charge in [-0.25, -0.2) is 4.79 Å². The van der Waals surface area contributed by atoms with Crippen LogP contribution < -0.4 is 0 Å². The first-order valence-corrected chi connectivity index (χ1v) is 4.69. The number of aromatic nitrogens is 2. The summed E-state index contributed by atoms with van der Waals surface area (Å²) in [6.45, 7) is 3.58. The molecule has 0 aliphatic heterocycles. The van der Waals surface area contributed by atoms with Crippen molar-refractivity contribution in [2.75, 3.05) is 0 Å². The maximum atomic E-state index is 10.2. The summed E-state index contributed by atoms with van der Waals surface area (Å²) in [5.74, 6) is 0.913. The molecule has 1 aromatic carbocycles. The smallest absolute Gasteiger partial charge is 0.247 e. The average Bonchev–Trinajstić information content (AvgIpc) is 2.69. The van der Waals surface area contributed by atoms with Crippen LogP contribution in [0.3, 0.4) is 0 Å². The Morgan fingerprint density at radius 1 is 1.31 bits per heavy atom. The quantitative estimate of drug-likeness (QED) is 0.569. The third-order valence-corrected chi connectivity index (χ3v) is 2.15. The first-order chi connectivity index (χ1) is 7.70. The van der Waals surface area contributed by atoms with Crippen molar-refractivity contribution in [2.45, 2.75) is 13.8 Å². The van der Waals surface area contributed by atoms with Gasteiger partial charge in [0.25, 0.3) is 0 Å². The molecule has 2 rings (SSSR count). The molecule has 5 nitrogen and oxygen atoms in total. The summed E-state index contributed by atoms with van der Waals surface area (Å²) < 4.78 is 5.28. The van der Waals surface area contributed by atoms with Crippen molar-refractivity contribution >= 4 is 11.8 Å². The van der Waals surface area contributed by atoms with Crippen molar-refractivity contribution in [3.63, 3.8) is 0 Å². The second kappa shape index (κ2) is 4.08. The fourth-order valence-corrected chi connectivity index (χ4v) is 1.33. The molecule has 0 amide bonds. The molecule has 0 radical (unpaired) electrons. The zero-order chi connectivity index (χ0) is 11.5. The minimum atomic E-state index is 0.417. The molecule has 5 heteroatoms. The number of isocyanates is 1. The SMILES string of the molecule is Cc1nnc(-c2ccc(C)c(N=C=O)c2)o1. The number of hydrogen-bond donors (Lipinski definition) is 0. The minimum Gasteiger partial charge on any atom is -0.421 e. The second-order valence-electron chi connectivity index (χ2n) is 3.33. The topological polar surface area (TPSA) is 68.3 Å². The van der Waals surface area contributed by atoms with Gasteiger partial charge < -0.3 is 4.42 Å². The van der Waals surface area contributed by atoms with E-state index in [0.29, 0.717) is 17.5 Å². The maximum Gasteiger partial charge on any atom is 0.247 e. The van der Waals surface area contributed by atoms with Crippen molar-refractivity contribution in [3.8, 4) is 11.5 Å². The molecular formula is C11H9N3O2. The summed E-state index contributed by atoms with van der Waals surface area (Å²) in [6.07, 6.45) is 1.52. The zero-order valence-electron chi connectivity index (χ0n) is 8.89. The fourth-order valence-electron chi connectivity index (χ4n) is 1.33. The van der Waals surface area contributed by atoms with Crippen LogP contribution >= 0.6 is 0 Å². The van der Waals surface area contributed by atoms with E-state index in [1.807, 2.05) is 19.1 Å². The first-order valence-electron chi connectivity index (χ1n) is 4.69. The highest BCUT2D eigenvalue weighted by Gasteiger charge is 2.07. The molecule has 0 bridgehead atoms. The Morgan fingerprint density at radius 2 is 2.12 bits per heavy atom. The Labute approximate surface area is 91.8 Å². The van der Waals surface area contributed by atoms with E-state index >= 15 is 0 Å². The molecule has 16 heavy (non-hydrogen) atoms. The van der Waals surface area contributed by atoms with E-state index in [-0.39, 0.29) is 0 Å². The van der Waals surface area contributed by atoms with Gasteiger partial charge in [0, 0.05) is 12.5 Å². The highest BCUT2D eigenvalue weighted by atomic mass is 16.4. The van der Waals surface area contributed by atoms with Crippen molar-refractivity contribution < 1.29 is 9.21 Å². The molecule has 0 atom stereocenters. The number of benzene rings is 1. The van der Waals surface area contributed by atoms with Crippen molar-refractivity contribution in [2.24, 2.45) is 4.99 Å². The predicted molar refractivity (Wildman–Crippen MR) is 57.0 cm³/mol. The third kappa shape index (κ3) is 1.89. The van der Waals surface area contributed by atoms with Gasteiger partial charge in [-0.05, 0) is 24.6 Å². The van der Waals surface area contributed by atoms with Gasteiger partial charge in [0.2, 0.25) is 17.9 Å². The highest BCUT2D eigenvalue weighted by molar-refractivity contribution is 5.64. The Kier molecular flexibility index (Phi) is 2.62. The van der Waals surface area contributed by atoms with Crippen LogP contribution in [0.25, 0.3) is 11.5 Å². The lowest BCUT2D eigenvalue weighted by atomic mass is 10.1. The van der Waals surface area contributed by atoms with Crippen molar-refractivity contribution in [3.05, 3.63) is 29.7 Å². The molecule has 0 spiro atoms. The summed E-state index contributed by atoms with van der Waals surface area (Å²) >= 11 is 0. The van der Waals surface area contributed by atoms with Gasteiger partial charge in [-0.15, -0.1) is 10.2 Å². The molecule has 0 fully saturated rings. The third-order valence-electron chi connectivity index (χ3n) is 2.15. The summed E-state index contributed by atoms with van der Waals surface area (Å²) in [7, 11) is 0. The molecule has 0 saturated heterocycles. The predicted octanol–water partition coefficient (Wildman–Crippen LogP) is 2.32. The van der Waals surface area contributed by atoms with Gasteiger partial charge in [-0.2, -0.15) is 4.99 Å². The largest absolute Gasteiger partial charge is 0.421 e. The summed E-state index contributed by atoms with van der Waals surface area (Å²) in [6, 6.07) is 5.39. The monoisotopic (exact) mass is 215 g/mol. The number of carbonyl (C=O) groups excluding carboxylic acids is 1. The minimum absolute atomic E-state index is 0.417. The van der Waals surface area contributed by atoms with Gasteiger partial charge in [-0.3, -0.25) is 0 Å². The van der Waals surface area contributed by atoms with E-state index in [2.05, 4.69) is 15.2 Å². The molecule has 0 aliphatic carbocycles. The van der Waals surface area contributed by atoms with Gasteiger partial charge in [0.05, 0.1) is 5.69 Å². The number of hydrogen-bond acceptors (Lipinski definition) is 5. The summed E-state index contributed by atoms with van der Waals surface area (Å²) in [5.41, 5.74) is 2.19. The highest BCUT2D eigenvalue weighted by Crippen LogP contribution is 2.25. The van der Waals surface area contributed by atoms with Crippen LogP contribution in [0.15, 0.2) is 27.6 Å². The van der Waals surface area contributed by atoms with Gasteiger partial charge in [-0.1, -0.05) is 6.07 Å². The maximum absolute atomic E-state index is 10.2. The second-order valence-corrected chi connectivity index (χ2v) is 3.33. The van der Waals surface area contributed by atoms with E-state index in [1.54, 1.807) is 13.0 Å². The van der Waals surface area contributed by atoms with Crippen LogP contribution in [-0.2, 0) is 4.79 Å². The zero-order valence-corrected chi connectivity index (χ0v) is 8.89. The number of aryl methyl sites for hydroxylation is 2. The lowest BCUT2D eigenvalue weighted by Gasteiger charge is -1.99. The van der Waals surface area contributed by atoms with Gasteiger partial charge >= 0.3 is 0 Å². The molecule has 0 aliphatic rings. The average molecular weight is 215 g/mol. The van der Waals surface area contributed by atoms with E-state index in [1.165, 1.54) is 6.08 Å². The standard InChI is InChI=1S/C11H9N3O2/c1-7-3-4-9(5-10(7)12-6-15)11-14-13-8(2)16-11/h3-5H,1-2H3. The van der Waals surface area contributed by atoms with Crippen LogP contribution in [0.1, 0.15) is 11.5 Å². The van der Waals surface area contributed by atoms with Crippen LogP contribution in [0, 0.1) is 13.8 Å². The van der Waals surface area contributed by atoms with Crippen molar-refractivity contribution in [1.29, 1.82) is 0 Å². The molecule has 0 N–H and O–H groups in total. The Hall–Kier alpha value is -2.26. The number of aliphatic imine (C=N–C) groups is 1. The Morgan fingerprint density at radius 3 is 2.75 bits per heavy atom. The van der Waals surface area contributed by atoms with Crippen LogP contribution in [0.4, 0.5) is 5.69 Å². The van der Waals surface area contributed by atoms with E-state index in [4.69, 9.17) is 4.42 Å². The van der Waals surface area contributed by atoms with E-state index < -0.39 is 0 Å². The molecule has 0 saturated carbocycles. The molecule has 2 aromatic rings. The number of rotatable bonds is 2. The van der Waals surface area contributed by atoms with Crippen LogP contribution in [-0.4, -0.2) is 16.3 Å². The fraction of sp³-hybridized carbons (Fsp3) is 0.182. The lowest BCUT2D eigenvalue weighted by molar-refractivity contribution is 0.533. The van der Waals surface area contributed by atoms with Crippen LogP contribution in [0.5, 0.6) is 0 Å². The van der Waals surface area contributed by atoms with Crippen LogP contribution in [0.2, 0.25) is 0 Å². The summed E-state index contributed by atoms with van der Waals surface area (Å²) in [5, 5.41) is 7.63. The normalized spacial score (nSPS) is 9.88.